The summed E-state index contributed by atoms with van der Waals surface area (Å²) < 4.78 is 5.09. The predicted octanol–water partition coefficient (Wildman–Crippen LogP) is 4.30. The fraction of sp³-hybridized carbons (Fsp3) is 0.389. The molecule has 1 N–H and O–H groups in total. The number of nitrogens with one attached hydrogen (secondary N) is 1. The normalized spacial score (nSPS) is 18.2. The summed E-state index contributed by atoms with van der Waals surface area (Å²) in [6.07, 6.45) is 6.53. The van der Waals surface area contributed by atoms with Crippen LogP contribution in [0.2, 0.25) is 0 Å². The summed E-state index contributed by atoms with van der Waals surface area (Å²) in [7, 11) is 0. The van der Waals surface area contributed by atoms with E-state index in [1.165, 1.54) is 37.6 Å². The number of amides is 1. The highest BCUT2D eigenvalue weighted by molar-refractivity contribution is 6.02. The van der Waals surface area contributed by atoms with Gasteiger partial charge in [-0.15, -0.1) is 0 Å². The second-order valence-corrected chi connectivity index (χ2v) is 5.73. The number of piperidine rings is 1. The van der Waals surface area contributed by atoms with Crippen LogP contribution in [0.1, 0.15) is 43.2 Å². The fourth-order valence-electron chi connectivity index (χ4n) is 3.10. The number of hydrogen-bond donors (Lipinski definition) is 1. The van der Waals surface area contributed by atoms with Gasteiger partial charge in [0.05, 0.1) is 6.26 Å². The quantitative estimate of drug-likeness (QED) is 0.915. The second-order valence-electron chi connectivity index (χ2n) is 5.73. The topological polar surface area (TPSA) is 45.5 Å². The summed E-state index contributed by atoms with van der Waals surface area (Å²) in [6, 6.07) is 12.1. The van der Waals surface area contributed by atoms with Gasteiger partial charge in [-0.05, 0) is 62.1 Å². The first-order valence-electron chi connectivity index (χ1n) is 7.99. The molecule has 0 spiro atoms. The number of carbonyl (C=O) groups excluding carboxylic acids is 1. The number of carbonyl (C=O) groups is 1. The Bertz CT molecular complexity index is 605. The van der Waals surface area contributed by atoms with E-state index in [0.29, 0.717) is 11.8 Å². The van der Waals surface area contributed by atoms with Gasteiger partial charge in [-0.2, -0.15) is 0 Å². The van der Waals surface area contributed by atoms with E-state index in [4.69, 9.17) is 4.42 Å². The maximum Gasteiger partial charge on any atom is 0.291 e. The maximum absolute atomic E-state index is 11.9. The van der Waals surface area contributed by atoms with E-state index < -0.39 is 0 Å². The van der Waals surface area contributed by atoms with Gasteiger partial charge in [0.1, 0.15) is 0 Å². The smallest absolute Gasteiger partial charge is 0.291 e. The van der Waals surface area contributed by atoms with E-state index in [9.17, 15) is 4.79 Å². The van der Waals surface area contributed by atoms with E-state index in [1.807, 2.05) is 12.1 Å². The lowest BCUT2D eigenvalue weighted by molar-refractivity contribution is 0.0996. The average Bonchev–Trinajstić information content (AvgIpc) is 3.10. The predicted molar refractivity (Wildman–Crippen MR) is 88.4 cm³/mol. The van der Waals surface area contributed by atoms with E-state index in [0.717, 1.165) is 12.2 Å². The molecule has 4 nitrogen and oxygen atoms in total. The Kier molecular flexibility index (Phi) is 4.47. The highest BCUT2D eigenvalue weighted by atomic mass is 16.3. The Morgan fingerprint density at radius 1 is 1.27 bits per heavy atom. The van der Waals surface area contributed by atoms with Gasteiger partial charge in [0, 0.05) is 24.0 Å². The van der Waals surface area contributed by atoms with Crippen LogP contribution in [-0.2, 0) is 0 Å². The summed E-state index contributed by atoms with van der Waals surface area (Å²) >= 11 is 0. The van der Waals surface area contributed by atoms with Gasteiger partial charge in [0.15, 0.2) is 5.76 Å². The largest absolute Gasteiger partial charge is 0.459 e. The third-order valence-electron chi connectivity index (χ3n) is 4.30. The Labute approximate surface area is 131 Å². The van der Waals surface area contributed by atoms with Crippen molar-refractivity contribution in [2.45, 2.75) is 38.6 Å². The summed E-state index contributed by atoms with van der Waals surface area (Å²) in [4.78, 5) is 14.4. The lowest BCUT2D eigenvalue weighted by atomic mass is 9.99. The van der Waals surface area contributed by atoms with E-state index >= 15 is 0 Å². The average molecular weight is 298 g/mol. The van der Waals surface area contributed by atoms with E-state index in [-0.39, 0.29) is 5.91 Å². The van der Waals surface area contributed by atoms with Crippen molar-refractivity contribution in [2.75, 3.05) is 16.8 Å². The molecule has 1 amide bonds. The molecule has 2 heterocycles. The summed E-state index contributed by atoms with van der Waals surface area (Å²) in [6.45, 7) is 3.37. The second kappa shape index (κ2) is 6.69. The lowest BCUT2D eigenvalue weighted by Crippen LogP contribution is -2.39. The molecule has 22 heavy (non-hydrogen) atoms. The molecule has 4 heteroatoms. The first-order valence-corrected chi connectivity index (χ1v) is 7.99. The molecule has 0 saturated carbocycles. The third kappa shape index (κ3) is 3.16. The van der Waals surface area contributed by atoms with Gasteiger partial charge in [-0.3, -0.25) is 4.79 Å². The van der Waals surface area contributed by atoms with Crippen LogP contribution < -0.4 is 10.2 Å². The first kappa shape index (κ1) is 14.7. The summed E-state index contributed by atoms with van der Waals surface area (Å²) in [5, 5.41) is 2.85. The summed E-state index contributed by atoms with van der Waals surface area (Å²) in [5.74, 6) is 0.105. The highest BCUT2D eigenvalue weighted by Crippen LogP contribution is 2.27. The minimum Gasteiger partial charge on any atom is -0.459 e. The zero-order chi connectivity index (χ0) is 15.4. The minimum atomic E-state index is -0.220. The molecule has 1 fully saturated rings. The Morgan fingerprint density at radius 2 is 2.09 bits per heavy atom. The fourth-order valence-corrected chi connectivity index (χ4v) is 3.10. The Balaban J connectivity index is 1.68. The molecular weight excluding hydrogens is 276 g/mol. The molecular formula is C18H22N2O2. The van der Waals surface area contributed by atoms with Gasteiger partial charge >= 0.3 is 0 Å². The number of nitrogens with zero attached hydrogens (tertiary/aromatic N) is 1. The number of anilines is 2. The number of furan rings is 1. The Hall–Kier alpha value is -2.23. The van der Waals surface area contributed by atoms with Crippen molar-refractivity contribution in [3.8, 4) is 0 Å². The first-order chi connectivity index (χ1) is 10.8. The third-order valence-corrected chi connectivity index (χ3v) is 4.30. The van der Waals surface area contributed by atoms with Gasteiger partial charge < -0.3 is 14.6 Å². The van der Waals surface area contributed by atoms with Crippen molar-refractivity contribution in [3.05, 3.63) is 48.4 Å². The van der Waals surface area contributed by atoms with Gasteiger partial charge in [-0.1, -0.05) is 6.92 Å². The molecule has 1 aromatic heterocycles. The molecule has 0 radical (unpaired) electrons. The molecule has 2 aromatic rings. The number of rotatable bonds is 4. The monoisotopic (exact) mass is 298 g/mol. The molecule has 3 rings (SSSR count). The SMILES string of the molecule is CCC1CCCCN1c1ccc(NC(=O)c2ccco2)cc1. The molecule has 1 unspecified atom stereocenters. The van der Waals surface area contributed by atoms with Crippen LogP contribution in [0.4, 0.5) is 11.4 Å². The van der Waals surface area contributed by atoms with Crippen molar-refractivity contribution in [1.82, 2.24) is 0 Å². The van der Waals surface area contributed by atoms with Gasteiger partial charge in [0.2, 0.25) is 0 Å². The van der Waals surface area contributed by atoms with Crippen molar-refractivity contribution < 1.29 is 9.21 Å². The van der Waals surface area contributed by atoms with Crippen LogP contribution in [0.25, 0.3) is 0 Å². The molecule has 1 saturated heterocycles. The van der Waals surface area contributed by atoms with Gasteiger partial charge in [0.25, 0.3) is 5.91 Å². The van der Waals surface area contributed by atoms with E-state index in [1.54, 1.807) is 12.1 Å². The van der Waals surface area contributed by atoms with Crippen LogP contribution in [0.5, 0.6) is 0 Å². The van der Waals surface area contributed by atoms with Crippen LogP contribution >= 0.6 is 0 Å². The van der Waals surface area contributed by atoms with Crippen LogP contribution in [0.15, 0.2) is 47.1 Å². The van der Waals surface area contributed by atoms with Crippen LogP contribution in [0, 0.1) is 0 Å². The number of hydrogen-bond acceptors (Lipinski definition) is 3. The van der Waals surface area contributed by atoms with Crippen molar-refractivity contribution in [1.29, 1.82) is 0 Å². The molecule has 1 atom stereocenters. The molecule has 0 bridgehead atoms. The zero-order valence-corrected chi connectivity index (χ0v) is 12.9. The molecule has 116 valence electrons. The van der Waals surface area contributed by atoms with Crippen molar-refractivity contribution in [2.24, 2.45) is 0 Å². The number of benzene rings is 1. The van der Waals surface area contributed by atoms with Crippen molar-refractivity contribution in [3.63, 3.8) is 0 Å². The zero-order valence-electron chi connectivity index (χ0n) is 12.9. The van der Waals surface area contributed by atoms with Crippen LogP contribution in [0.3, 0.4) is 0 Å². The molecule has 1 aromatic carbocycles. The lowest BCUT2D eigenvalue weighted by Gasteiger charge is -2.37. The standard InChI is InChI=1S/C18H22N2O2/c1-2-15-6-3-4-12-20(15)16-10-8-14(9-11-16)19-18(21)17-7-5-13-22-17/h5,7-11,13,15H,2-4,6,12H2,1H3,(H,19,21). The molecule has 1 aliphatic rings. The van der Waals surface area contributed by atoms with Crippen molar-refractivity contribution >= 4 is 17.3 Å². The maximum atomic E-state index is 11.9. The highest BCUT2D eigenvalue weighted by Gasteiger charge is 2.20. The van der Waals surface area contributed by atoms with Crippen LogP contribution in [-0.4, -0.2) is 18.5 Å². The van der Waals surface area contributed by atoms with Gasteiger partial charge in [-0.25, -0.2) is 0 Å². The summed E-state index contributed by atoms with van der Waals surface area (Å²) in [5.41, 5.74) is 2.03. The Morgan fingerprint density at radius 3 is 2.77 bits per heavy atom. The van der Waals surface area contributed by atoms with E-state index in [2.05, 4.69) is 29.3 Å². The molecule has 0 aliphatic carbocycles. The minimum absolute atomic E-state index is 0.220. The molecule has 1 aliphatic heterocycles.